The zero-order valence-corrected chi connectivity index (χ0v) is 21.1. The van der Waals surface area contributed by atoms with Crippen molar-refractivity contribution in [2.75, 3.05) is 18.0 Å². The highest BCUT2D eigenvalue weighted by molar-refractivity contribution is 5.85. The van der Waals surface area contributed by atoms with Gasteiger partial charge in [0.2, 0.25) is 5.82 Å². The fraction of sp³-hybridized carbons (Fsp3) is 0.414. The number of nitrogens with zero attached hydrogens (tertiary/aromatic N) is 4. The number of imidazole rings is 1. The maximum absolute atomic E-state index is 15.8. The molecule has 1 saturated carbocycles. The summed E-state index contributed by atoms with van der Waals surface area (Å²) in [6.45, 7) is 1.56. The van der Waals surface area contributed by atoms with E-state index in [2.05, 4.69) is 14.9 Å². The first kappa shape index (κ1) is 24.6. The normalized spacial score (nSPS) is 24.0. The molecule has 1 aliphatic heterocycles. The molecule has 3 atom stereocenters. The van der Waals surface area contributed by atoms with E-state index in [1.54, 1.807) is 22.9 Å². The van der Waals surface area contributed by atoms with Gasteiger partial charge in [-0.25, -0.2) is 13.3 Å². The van der Waals surface area contributed by atoms with E-state index in [0.29, 0.717) is 29.3 Å². The van der Waals surface area contributed by atoms with Gasteiger partial charge in [-0.15, -0.1) is 4.98 Å². The Morgan fingerprint density at radius 2 is 2.03 bits per heavy atom. The molecular formula is C29H31F2N6O+. The lowest BCUT2D eigenvalue weighted by Gasteiger charge is -2.32. The number of allylic oxidation sites excluding steroid dienone is 3. The third-order valence-electron chi connectivity index (χ3n) is 7.79. The first-order valence-corrected chi connectivity index (χ1v) is 13.4. The van der Waals surface area contributed by atoms with Crippen LogP contribution in [-0.2, 0) is 4.74 Å². The van der Waals surface area contributed by atoms with E-state index >= 15 is 4.39 Å². The van der Waals surface area contributed by atoms with Crippen molar-refractivity contribution in [2.45, 2.75) is 62.9 Å². The molecule has 0 spiro atoms. The maximum Gasteiger partial charge on any atom is 0.304 e. The van der Waals surface area contributed by atoms with Gasteiger partial charge in [0, 0.05) is 25.2 Å². The van der Waals surface area contributed by atoms with Crippen molar-refractivity contribution in [1.29, 1.82) is 5.26 Å². The molecule has 1 aromatic carbocycles. The monoisotopic (exact) mass is 517 g/mol. The minimum Gasteiger partial charge on any atom is -0.491 e. The molecule has 3 N–H and O–H groups in total. The van der Waals surface area contributed by atoms with Crippen LogP contribution in [-0.4, -0.2) is 41.4 Å². The van der Waals surface area contributed by atoms with E-state index in [0.717, 1.165) is 56.3 Å². The van der Waals surface area contributed by atoms with Gasteiger partial charge in [0.15, 0.2) is 11.7 Å². The molecule has 6 rings (SSSR count). The number of nitrogens with two attached hydrogens (primary N) is 1. The molecule has 2 aromatic heterocycles. The summed E-state index contributed by atoms with van der Waals surface area (Å²) in [5.41, 5.74) is 8.94. The number of pyridine rings is 1. The van der Waals surface area contributed by atoms with Gasteiger partial charge in [-0.2, -0.15) is 5.26 Å². The standard InChI is InChI=1S/C29H30F2N6O/c30-23-14-18(7-8-19(23)16-32)28-35-27-26(36-13-3-4-20(33)17-36)11-12-34-29(27)37(28)25-10-9-22(15-24(25)31)38-21-5-1-2-6-21/h7-12,14-15,20-21,24-25H,1-6,13,17,33H2/p+1/t20-,24?,25?/m1/s1. The van der Waals surface area contributed by atoms with Crippen molar-refractivity contribution in [1.82, 2.24) is 9.97 Å². The molecule has 3 aromatic rings. The zero-order valence-electron chi connectivity index (χ0n) is 21.1. The Hall–Kier alpha value is -3.77. The van der Waals surface area contributed by atoms with Crippen molar-refractivity contribution in [3.05, 3.63) is 65.8 Å². The molecule has 3 aliphatic rings. The van der Waals surface area contributed by atoms with Crippen LogP contribution >= 0.6 is 0 Å². The van der Waals surface area contributed by atoms with Crippen molar-refractivity contribution in [3.63, 3.8) is 0 Å². The van der Waals surface area contributed by atoms with Gasteiger partial charge in [0.05, 0.1) is 22.9 Å². The predicted molar refractivity (Wildman–Crippen MR) is 140 cm³/mol. The summed E-state index contributed by atoms with van der Waals surface area (Å²) in [5, 5.41) is 9.21. The summed E-state index contributed by atoms with van der Waals surface area (Å²) in [6.07, 6.45) is 11.8. The number of aromatic nitrogens is 3. The highest BCUT2D eigenvalue weighted by Crippen LogP contribution is 2.33. The number of ether oxygens (including phenoxy) is 1. The van der Waals surface area contributed by atoms with Gasteiger partial charge in [-0.3, -0.25) is 4.98 Å². The summed E-state index contributed by atoms with van der Waals surface area (Å²) in [4.78, 5) is 10.3. The van der Waals surface area contributed by atoms with Gasteiger partial charge in [0.25, 0.3) is 0 Å². The minimum atomic E-state index is -1.38. The number of alkyl halides is 1. The fourth-order valence-corrected chi connectivity index (χ4v) is 5.89. The fourth-order valence-electron chi connectivity index (χ4n) is 5.89. The largest absolute Gasteiger partial charge is 0.491 e. The van der Waals surface area contributed by atoms with E-state index in [-0.39, 0.29) is 17.7 Å². The summed E-state index contributed by atoms with van der Waals surface area (Å²) >= 11 is 0. The average Bonchev–Trinajstić information content (AvgIpc) is 3.57. The summed E-state index contributed by atoms with van der Waals surface area (Å²) in [5.74, 6) is 0.423. The van der Waals surface area contributed by atoms with Crippen LogP contribution < -0.4 is 15.2 Å². The number of benzene rings is 1. The number of aromatic amines is 1. The first-order valence-electron chi connectivity index (χ1n) is 13.4. The Morgan fingerprint density at radius 3 is 2.76 bits per heavy atom. The molecule has 38 heavy (non-hydrogen) atoms. The lowest BCUT2D eigenvalue weighted by Crippen LogP contribution is -2.45. The number of anilines is 1. The topological polar surface area (TPSA) is 94.8 Å². The Labute approximate surface area is 220 Å². The van der Waals surface area contributed by atoms with Crippen LogP contribution in [0.2, 0.25) is 0 Å². The molecule has 0 amide bonds. The Morgan fingerprint density at radius 1 is 1.18 bits per heavy atom. The van der Waals surface area contributed by atoms with Gasteiger partial charge < -0.3 is 15.4 Å². The van der Waals surface area contributed by atoms with E-state index < -0.39 is 18.0 Å². The van der Waals surface area contributed by atoms with Crippen molar-refractivity contribution >= 4 is 16.9 Å². The number of nitrogens with one attached hydrogen (secondary N) is 1. The second-order valence-corrected chi connectivity index (χ2v) is 10.4. The van der Waals surface area contributed by atoms with Crippen LogP contribution in [0.3, 0.4) is 0 Å². The highest BCUT2D eigenvalue weighted by Gasteiger charge is 2.35. The number of hydrogen-bond acceptors (Lipinski definition) is 5. The molecule has 196 valence electrons. The molecule has 0 bridgehead atoms. The molecule has 9 heteroatoms. The molecule has 3 heterocycles. The van der Waals surface area contributed by atoms with Gasteiger partial charge in [-0.1, -0.05) is 0 Å². The molecule has 2 fully saturated rings. The Bertz CT molecular complexity index is 1450. The average molecular weight is 518 g/mol. The number of fused-ring (bicyclic) bond motifs is 1. The molecule has 7 nitrogen and oxygen atoms in total. The summed E-state index contributed by atoms with van der Waals surface area (Å²) < 4.78 is 38.4. The van der Waals surface area contributed by atoms with E-state index in [1.807, 2.05) is 18.2 Å². The van der Waals surface area contributed by atoms with Crippen LogP contribution in [0, 0.1) is 17.1 Å². The second kappa shape index (κ2) is 10.2. The molecule has 2 aliphatic carbocycles. The maximum atomic E-state index is 15.8. The van der Waals surface area contributed by atoms with Gasteiger partial charge in [0.1, 0.15) is 29.9 Å². The number of nitriles is 1. The number of hydrogen-bond donors (Lipinski definition) is 2. The van der Waals surface area contributed by atoms with Crippen LogP contribution in [0.25, 0.3) is 22.6 Å². The highest BCUT2D eigenvalue weighted by atomic mass is 19.1. The molecule has 0 radical (unpaired) electrons. The third-order valence-corrected chi connectivity index (χ3v) is 7.79. The van der Waals surface area contributed by atoms with Crippen LogP contribution in [0.1, 0.15) is 50.1 Å². The lowest BCUT2D eigenvalue weighted by molar-refractivity contribution is -0.682. The quantitative estimate of drug-likeness (QED) is 0.477. The van der Waals surface area contributed by atoms with Crippen LogP contribution in [0.15, 0.2) is 54.4 Å². The number of halogens is 2. The number of rotatable bonds is 5. The van der Waals surface area contributed by atoms with E-state index in [4.69, 9.17) is 10.5 Å². The Balaban J connectivity index is 1.45. The smallest absolute Gasteiger partial charge is 0.304 e. The number of H-pyrrole nitrogens is 1. The minimum absolute atomic E-state index is 0.0462. The van der Waals surface area contributed by atoms with Crippen molar-refractivity contribution in [3.8, 4) is 17.5 Å². The van der Waals surface area contributed by atoms with E-state index in [9.17, 15) is 9.65 Å². The van der Waals surface area contributed by atoms with Crippen molar-refractivity contribution in [2.24, 2.45) is 5.73 Å². The summed E-state index contributed by atoms with van der Waals surface area (Å²) in [7, 11) is 0. The molecular weight excluding hydrogens is 486 g/mol. The van der Waals surface area contributed by atoms with Crippen LogP contribution in [0.4, 0.5) is 14.5 Å². The van der Waals surface area contributed by atoms with Crippen molar-refractivity contribution < 1.29 is 18.1 Å². The van der Waals surface area contributed by atoms with Gasteiger partial charge >= 0.3 is 5.65 Å². The number of piperidine rings is 1. The Kier molecular flexibility index (Phi) is 6.58. The predicted octanol–water partition coefficient (Wildman–Crippen LogP) is 4.75. The first-order chi connectivity index (χ1) is 18.5. The lowest BCUT2D eigenvalue weighted by atomic mass is 10.0. The molecule has 2 unspecified atom stereocenters. The van der Waals surface area contributed by atoms with E-state index in [1.165, 1.54) is 18.2 Å². The van der Waals surface area contributed by atoms with Crippen LogP contribution in [0.5, 0.6) is 0 Å². The zero-order chi connectivity index (χ0) is 26.2. The molecule has 1 saturated heterocycles. The van der Waals surface area contributed by atoms with Gasteiger partial charge in [-0.05, 0) is 75.0 Å². The third kappa shape index (κ3) is 4.54. The second-order valence-electron chi connectivity index (χ2n) is 10.4. The summed E-state index contributed by atoms with van der Waals surface area (Å²) in [6, 6.07) is 7.56. The SMILES string of the molecule is N#Cc1ccc(-c2[nH]c3c(N4CCC[C@@H](N)C4)ccnc3[n+]2C2C=CC(OC3CCCC3)=CC2F)cc1F.